The lowest BCUT2D eigenvalue weighted by Crippen LogP contribution is -2.14. The van der Waals surface area contributed by atoms with E-state index in [1.165, 1.54) is 23.8 Å². The zero-order valence-electron chi connectivity index (χ0n) is 20.9. The quantitative estimate of drug-likeness (QED) is 0.235. The Bertz CT molecular complexity index is 1410. The molecule has 2 atom stereocenters. The summed E-state index contributed by atoms with van der Waals surface area (Å²) in [5.74, 6) is -4.91. The molecule has 0 saturated carbocycles. The van der Waals surface area contributed by atoms with E-state index in [1.807, 2.05) is 25.1 Å². The van der Waals surface area contributed by atoms with Crippen LogP contribution in [0.2, 0.25) is 0 Å². The Kier molecular flexibility index (Phi) is 8.92. The van der Waals surface area contributed by atoms with Crippen molar-refractivity contribution in [1.82, 2.24) is 0 Å². The van der Waals surface area contributed by atoms with Crippen LogP contribution in [0, 0.1) is 6.92 Å². The number of carbonyl (C=O) groups excluding carboxylic acids is 1. The number of aryl methyl sites for hydroxylation is 1. The van der Waals surface area contributed by atoms with Crippen molar-refractivity contribution in [2.75, 3.05) is 0 Å². The lowest BCUT2D eigenvalue weighted by Gasteiger charge is -2.15. The molecule has 3 aromatic rings. The molecule has 0 radical (unpaired) electrons. The molecule has 0 amide bonds. The fourth-order valence-corrected chi connectivity index (χ4v) is 5.06. The molecule has 0 bridgehead atoms. The molecule has 198 valence electrons. The van der Waals surface area contributed by atoms with Gasteiger partial charge < -0.3 is 24.6 Å². The minimum atomic E-state index is -2.06. The summed E-state index contributed by atoms with van der Waals surface area (Å²) in [5, 5.41) is 28.2. The van der Waals surface area contributed by atoms with Crippen molar-refractivity contribution in [3.63, 3.8) is 0 Å². The minimum absolute atomic E-state index is 0.0189. The topological polar surface area (TPSA) is 161 Å². The molecule has 0 heterocycles. The van der Waals surface area contributed by atoms with Crippen molar-refractivity contribution in [2.24, 2.45) is 0 Å². The molecule has 0 saturated heterocycles. The number of carbonyl (C=O) groups is 4. The summed E-state index contributed by atoms with van der Waals surface area (Å²) in [4.78, 5) is 47.3. The van der Waals surface area contributed by atoms with E-state index in [0.717, 1.165) is 35.7 Å². The van der Waals surface area contributed by atoms with Crippen LogP contribution in [-0.4, -0.2) is 43.7 Å². The fourth-order valence-electron chi connectivity index (χ4n) is 3.96. The van der Waals surface area contributed by atoms with Crippen molar-refractivity contribution in [1.29, 1.82) is 0 Å². The second-order valence-electron chi connectivity index (χ2n) is 8.68. The second-order valence-corrected chi connectivity index (χ2v) is 10.2. The highest BCUT2D eigenvalue weighted by Gasteiger charge is 2.26. The van der Waals surface area contributed by atoms with Crippen LogP contribution in [0.5, 0.6) is 0 Å². The number of hydrogen-bond acceptors (Lipinski definition) is 6. The normalized spacial score (nSPS) is 12.4. The van der Waals surface area contributed by atoms with E-state index in [0.29, 0.717) is 5.92 Å². The first kappa shape index (κ1) is 28.4. The number of hydrogen-bond donors (Lipinski definition) is 3. The van der Waals surface area contributed by atoms with Crippen LogP contribution in [0.1, 0.15) is 84.3 Å². The summed E-state index contributed by atoms with van der Waals surface area (Å²) in [7, 11) is 0. The zero-order valence-corrected chi connectivity index (χ0v) is 21.7. The average molecular weight is 539 g/mol. The van der Waals surface area contributed by atoms with E-state index in [4.69, 9.17) is 9.84 Å². The molecule has 2 unspecified atom stereocenters. The molecule has 3 aromatic carbocycles. The molecule has 0 aromatic heterocycles. The van der Waals surface area contributed by atoms with Gasteiger partial charge in [-0.3, -0.25) is 0 Å². The van der Waals surface area contributed by atoms with Gasteiger partial charge in [0.05, 0.1) is 22.3 Å². The molecular weight excluding hydrogens is 512 g/mol. The van der Waals surface area contributed by atoms with Gasteiger partial charge in [-0.15, -0.1) is 0 Å². The molecule has 0 aliphatic carbocycles. The lowest BCUT2D eigenvalue weighted by molar-refractivity contribution is 0.0463. The van der Waals surface area contributed by atoms with Gasteiger partial charge in [0, 0.05) is 23.3 Å². The summed E-state index contributed by atoms with van der Waals surface area (Å²) < 4.78 is 18.4. The molecule has 9 nitrogen and oxygen atoms in total. The van der Waals surface area contributed by atoms with Crippen molar-refractivity contribution >= 4 is 35.1 Å². The molecular formula is C28H26O9S. The highest BCUT2D eigenvalue weighted by molar-refractivity contribution is 7.91. The standard InChI is InChI=1S/C28H26O9S/c1-4-15(2)20-8-5-17(11-16(20)3)14-37-28(35)22-10-7-19(13-24(22)27(33)34)38(36)18-6-9-21(25(29)30)23(12-18)26(31)32/h5-13,15H,4,14H2,1-3H3,(H,29,30)(H,31,32)(H,33,34). The van der Waals surface area contributed by atoms with E-state index in [9.17, 15) is 33.9 Å². The Hall–Kier alpha value is -4.15. The first-order chi connectivity index (χ1) is 17.9. The van der Waals surface area contributed by atoms with E-state index in [-0.39, 0.29) is 22.0 Å². The van der Waals surface area contributed by atoms with E-state index in [2.05, 4.69) is 13.8 Å². The third-order valence-electron chi connectivity index (χ3n) is 6.17. The van der Waals surface area contributed by atoms with Gasteiger partial charge in [0.2, 0.25) is 0 Å². The van der Waals surface area contributed by atoms with Gasteiger partial charge in [0.15, 0.2) is 9.79 Å². The largest absolute Gasteiger partial charge is 0.606 e. The Morgan fingerprint density at radius 3 is 1.84 bits per heavy atom. The van der Waals surface area contributed by atoms with Gasteiger partial charge in [-0.1, -0.05) is 32.0 Å². The maximum absolute atomic E-state index is 13.1. The molecule has 0 aliphatic heterocycles. The number of benzene rings is 3. The number of rotatable bonds is 10. The van der Waals surface area contributed by atoms with E-state index < -0.39 is 51.7 Å². The number of carboxylic acids is 3. The predicted molar refractivity (Wildman–Crippen MR) is 137 cm³/mol. The first-order valence-corrected chi connectivity index (χ1v) is 12.8. The van der Waals surface area contributed by atoms with Crippen LogP contribution in [0.3, 0.4) is 0 Å². The third kappa shape index (κ3) is 6.21. The van der Waals surface area contributed by atoms with Gasteiger partial charge in [0.1, 0.15) is 6.61 Å². The zero-order chi connectivity index (χ0) is 28.1. The Morgan fingerprint density at radius 2 is 1.34 bits per heavy atom. The molecule has 0 spiro atoms. The lowest BCUT2D eigenvalue weighted by atomic mass is 9.93. The maximum atomic E-state index is 13.1. The third-order valence-corrected chi connectivity index (χ3v) is 7.53. The molecule has 0 aliphatic rings. The summed E-state index contributed by atoms with van der Waals surface area (Å²) in [6.45, 7) is 6.13. The maximum Gasteiger partial charge on any atom is 0.339 e. The van der Waals surface area contributed by atoms with Crippen molar-refractivity contribution < 1.29 is 43.8 Å². The van der Waals surface area contributed by atoms with Gasteiger partial charge in [-0.05, 0) is 60.2 Å². The van der Waals surface area contributed by atoms with E-state index >= 15 is 0 Å². The summed E-state index contributed by atoms with van der Waals surface area (Å²) >= 11 is -2.06. The summed E-state index contributed by atoms with van der Waals surface area (Å²) in [5.41, 5.74) is 1.29. The van der Waals surface area contributed by atoms with Gasteiger partial charge in [-0.2, -0.15) is 0 Å². The SMILES string of the molecule is CCC(C)c1ccc(COC(=O)c2ccc([S+]([O-])c3ccc(C(=O)O)c(C(=O)O)c3)cc2C(=O)O)cc1C. The number of esters is 1. The highest BCUT2D eigenvalue weighted by atomic mass is 32.2. The van der Waals surface area contributed by atoms with Crippen molar-refractivity contribution in [3.05, 3.63) is 93.5 Å². The van der Waals surface area contributed by atoms with Crippen LogP contribution in [0.4, 0.5) is 0 Å². The number of ether oxygens (including phenoxy) is 1. The van der Waals surface area contributed by atoms with Gasteiger partial charge in [0.25, 0.3) is 0 Å². The summed E-state index contributed by atoms with van der Waals surface area (Å²) in [6.07, 6.45) is 0.988. The summed E-state index contributed by atoms with van der Waals surface area (Å²) in [6, 6.07) is 12.4. The van der Waals surface area contributed by atoms with Crippen molar-refractivity contribution in [3.8, 4) is 0 Å². The number of carboxylic acid groups (broad SMARTS) is 3. The predicted octanol–water partition coefficient (Wildman–Crippen LogP) is 5.13. The molecule has 3 N–H and O–H groups in total. The number of aromatic carboxylic acids is 3. The Morgan fingerprint density at radius 1 is 0.816 bits per heavy atom. The van der Waals surface area contributed by atoms with Crippen LogP contribution >= 0.6 is 0 Å². The van der Waals surface area contributed by atoms with Gasteiger partial charge >= 0.3 is 23.9 Å². The average Bonchev–Trinajstić information content (AvgIpc) is 2.90. The highest BCUT2D eigenvalue weighted by Crippen LogP contribution is 2.27. The van der Waals surface area contributed by atoms with Crippen molar-refractivity contribution in [2.45, 2.75) is 49.5 Å². The second kappa shape index (κ2) is 11.9. The Balaban J connectivity index is 1.84. The van der Waals surface area contributed by atoms with Crippen LogP contribution in [0.25, 0.3) is 0 Å². The smallest absolute Gasteiger partial charge is 0.339 e. The molecule has 10 heteroatoms. The van der Waals surface area contributed by atoms with E-state index in [1.54, 1.807) is 0 Å². The molecule has 3 rings (SSSR count). The van der Waals surface area contributed by atoms with Crippen LogP contribution in [-0.2, 0) is 22.5 Å². The molecule has 0 fully saturated rings. The van der Waals surface area contributed by atoms with Crippen LogP contribution in [0.15, 0.2) is 64.4 Å². The first-order valence-electron chi connectivity index (χ1n) is 11.6. The fraction of sp³-hybridized carbons (Fsp3) is 0.214. The minimum Gasteiger partial charge on any atom is -0.606 e. The van der Waals surface area contributed by atoms with Crippen LogP contribution < -0.4 is 0 Å². The Labute approximate surface area is 221 Å². The monoisotopic (exact) mass is 538 g/mol. The molecule has 38 heavy (non-hydrogen) atoms. The van der Waals surface area contributed by atoms with Gasteiger partial charge in [-0.25, -0.2) is 19.2 Å².